The molecule has 5 heteroatoms. The highest BCUT2D eigenvalue weighted by Gasteiger charge is 2.18. The van der Waals surface area contributed by atoms with E-state index < -0.39 is 11.7 Å². The maximum absolute atomic E-state index is 11.8. The van der Waals surface area contributed by atoms with Gasteiger partial charge in [-0.1, -0.05) is 18.2 Å². The average molecular weight is 287 g/mol. The minimum Gasteiger partial charge on any atom is -0.444 e. The number of hydrogen-bond donors (Lipinski definition) is 2. The third-order valence-electron chi connectivity index (χ3n) is 2.95. The molecule has 21 heavy (non-hydrogen) atoms. The highest BCUT2D eigenvalue weighted by molar-refractivity contribution is 5.69. The molecule has 0 bridgehead atoms. The third-order valence-corrected chi connectivity index (χ3v) is 2.95. The van der Waals surface area contributed by atoms with Crippen molar-refractivity contribution in [3.63, 3.8) is 0 Å². The lowest BCUT2D eigenvalue weighted by Gasteiger charge is -2.22. The van der Waals surface area contributed by atoms with Gasteiger partial charge in [-0.15, -0.1) is 0 Å². The Morgan fingerprint density at radius 3 is 2.71 bits per heavy atom. The molecule has 0 radical (unpaired) electrons. The summed E-state index contributed by atoms with van der Waals surface area (Å²) in [7, 11) is 0. The Hall–Kier alpha value is -2.30. The molecule has 1 amide bonds. The molecule has 0 spiro atoms. The monoisotopic (exact) mass is 287 g/mol. The van der Waals surface area contributed by atoms with E-state index in [1.54, 1.807) is 6.20 Å². The van der Waals surface area contributed by atoms with Crippen LogP contribution in [0.4, 0.5) is 4.79 Å². The van der Waals surface area contributed by atoms with Gasteiger partial charge in [0.15, 0.2) is 0 Å². The van der Waals surface area contributed by atoms with Crippen LogP contribution in [0.15, 0.2) is 36.7 Å². The fraction of sp³-hybridized carbons (Fsp3) is 0.375. The van der Waals surface area contributed by atoms with Crippen LogP contribution in [0.2, 0.25) is 0 Å². The van der Waals surface area contributed by atoms with Gasteiger partial charge in [-0.25, -0.2) is 4.79 Å². The molecule has 1 atom stereocenters. The molecule has 1 aromatic heterocycles. The van der Waals surface area contributed by atoms with Crippen molar-refractivity contribution in [3.05, 3.63) is 42.2 Å². The number of carbonyl (C=O) groups excluding carboxylic acids is 1. The van der Waals surface area contributed by atoms with Crippen molar-refractivity contribution in [1.29, 1.82) is 0 Å². The van der Waals surface area contributed by atoms with Crippen molar-refractivity contribution in [3.8, 4) is 11.1 Å². The molecule has 0 fully saturated rings. The van der Waals surface area contributed by atoms with E-state index in [2.05, 4.69) is 15.5 Å². The van der Waals surface area contributed by atoms with E-state index in [4.69, 9.17) is 4.74 Å². The largest absolute Gasteiger partial charge is 0.444 e. The molecule has 0 aliphatic rings. The smallest absolute Gasteiger partial charge is 0.408 e. The number of nitrogens with one attached hydrogen (secondary N) is 2. The fourth-order valence-corrected chi connectivity index (χ4v) is 1.96. The predicted molar refractivity (Wildman–Crippen MR) is 81.8 cm³/mol. The summed E-state index contributed by atoms with van der Waals surface area (Å²) in [4.78, 5) is 11.8. The molecule has 1 heterocycles. The van der Waals surface area contributed by atoms with Crippen molar-refractivity contribution in [2.24, 2.45) is 0 Å². The predicted octanol–water partition coefficient (Wildman–Crippen LogP) is 3.66. The first kappa shape index (κ1) is 15.1. The van der Waals surface area contributed by atoms with E-state index in [0.29, 0.717) is 0 Å². The van der Waals surface area contributed by atoms with Gasteiger partial charge in [-0.3, -0.25) is 5.10 Å². The SMILES string of the molecule is C[C@@H](NC(=O)OC(C)(C)C)c1cccc(-c2cn[nH]c2)c1. The topological polar surface area (TPSA) is 67.0 Å². The van der Waals surface area contributed by atoms with Crippen LogP contribution in [0.3, 0.4) is 0 Å². The molecule has 2 rings (SSSR count). The lowest BCUT2D eigenvalue weighted by Crippen LogP contribution is -2.34. The minimum absolute atomic E-state index is 0.133. The Morgan fingerprint density at radius 2 is 2.10 bits per heavy atom. The number of aromatic amines is 1. The molecule has 0 unspecified atom stereocenters. The second kappa shape index (κ2) is 5.99. The number of H-pyrrole nitrogens is 1. The van der Waals surface area contributed by atoms with E-state index in [9.17, 15) is 4.79 Å². The summed E-state index contributed by atoms with van der Waals surface area (Å²) in [5.41, 5.74) is 2.59. The number of carbonyl (C=O) groups is 1. The van der Waals surface area contributed by atoms with Crippen LogP contribution in [0.25, 0.3) is 11.1 Å². The van der Waals surface area contributed by atoms with Crippen LogP contribution in [0.1, 0.15) is 39.3 Å². The number of amides is 1. The van der Waals surface area contributed by atoms with Gasteiger partial charge in [0.05, 0.1) is 12.2 Å². The summed E-state index contributed by atoms with van der Waals surface area (Å²) >= 11 is 0. The molecule has 1 aromatic carbocycles. The maximum atomic E-state index is 11.8. The first-order valence-corrected chi connectivity index (χ1v) is 6.94. The number of hydrogen-bond acceptors (Lipinski definition) is 3. The number of benzene rings is 1. The number of rotatable bonds is 3. The zero-order chi connectivity index (χ0) is 15.5. The van der Waals surface area contributed by atoms with Gasteiger partial charge in [-0.2, -0.15) is 5.10 Å². The third kappa shape index (κ3) is 4.34. The summed E-state index contributed by atoms with van der Waals surface area (Å²) in [5, 5.41) is 9.58. The van der Waals surface area contributed by atoms with Gasteiger partial charge >= 0.3 is 6.09 Å². The van der Waals surface area contributed by atoms with Crippen molar-refractivity contribution < 1.29 is 9.53 Å². The highest BCUT2D eigenvalue weighted by Crippen LogP contribution is 2.22. The maximum Gasteiger partial charge on any atom is 0.408 e. The molecular formula is C16H21N3O2. The average Bonchev–Trinajstić information content (AvgIpc) is 2.90. The Balaban J connectivity index is 2.08. The standard InChI is InChI=1S/C16H21N3O2/c1-11(19-15(20)21-16(2,3)4)12-6-5-7-13(8-12)14-9-17-18-10-14/h5-11H,1-4H3,(H,17,18)(H,19,20)/t11-/m1/s1. The van der Waals surface area contributed by atoms with Crippen LogP contribution in [-0.4, -0.2) is 21.9 Å². The van der Waals surface area contributed by atoms with E-state index >= 15 is 0 Å². The summed E-state index contributed by atoms with van der Waals surface area (Å²) in [6.45, 7) is 7.46. The fourth-order valence-electron chi connectivity index (χ4n) is 1.96. The van der Waals surface area contributed by atoms with Gasteiger partial charge in [0.1, 0.15) is 5.60 Å². The molecule has 0 saturated heterocycles. The quantitative estimate of drug-likeness (QED) is 0.905. The zero-order valence-corrected chi connectivity index (χ0v) is 12.8. The molecule has 0 aliphatic heterocycles. The summed E-state index contributed by atoms with van der Waals surface area (Å²) in [5.74, 6) is 0. The van der Waals surface area contributed by atoms with Crippen LogP contribution in [-0.2, 0) is 4.74 Å². The molecule has 112 valence electrons. The Bertz CT molecular complexity index is 600. The van der Waals surface area contributed by atoms with Crippen molar-refractivity contribution >= 4 is 6.09 Å². The highest BCUT2D eigenvalue weighted by atomic mass is 16.6. The van der Waals surface area contributed by atoms with E-state index in [-0.39, 0.29) is 6.04 Å². The lowest BCUT2D eigenvalue weighted by molar-refractivity contribution is 0.0508. The molecule has 2 N–H and O–H groups in total. The van der Waals surface area contributed by atoms with Crippen LogP contribution < -0.4 is 5.32 Å². The number of aromatic nitrogens is 2. The molecular weight excluding hydrogens is 266 g/mol. The van der Waals surface area contributed by atoms with E-state index in [1.807, 2.05) is 58.2 Å². The van der Waals surface area contributed by atoms with Crippen molar-refractivity contribution in [1.82, 2.24) is 15.5 Å². The van der Waals surface area contributed by atoms with Crippen LogP contribution in [0.5, 0.6) is 0 Å². The van der Waals surface area contributed by atoms with Gasteiger partial charge in [-0.05, 0) is 44.9 Å². The second-order valence-corrected chi connectivity index (χ2v) is 5.98. The van der Waals surface area contributed by atoms with Crippen LogP contribution in [0, 0.1) is 0 Å². The molecule has 0 saturated carbocycles. The summed E-state index contributed by atoms with van der Waals surface area (Å²) in [6.07, 6.45) is 3.19. The van der Waals surface area contributed by atoms with Gasteiger partial charge < -0.3 is 10.1 Å². The van der Waals surface area contributed by atoms with Gasteiger partial charge in [0, 0.05) is 11.8 Å². The van der Waals surface area contributed by atoms with Gasteiger partial charge in [0.25, 0.3) is 0 Å². The number of alkyl carbamates (subject to hydrolysis) is 1. The zero-order valence-electron chi connectivity index (χ0n) is 12.8. The first-order chi connectivity index (χ1) is 9.85. The van der Waals surface area contributed by atoms with Gasteiger partial charge in [0.2, 0.25) is 0 Å². The summed E-state index contributed by atoms with van der Waals surface area (Å²) < 4.78 is 5.27. The Morgan fingerprint density at radius 1 is 1.33 bits per heavy atom. The lowest BCUT2D eigenvalue weighted by atomic mass is 10.0. The number of ether oxygens (including phenoxy) is 1. The molecule has 0 aliphatic carbocycles. The molecule has 5 nitrogen and oxygen atoms in total. The number of nitrogens with zero attached hydrogens (tertiary/aromatic N) is 1. The van der Waals surface area contributed by atoms with E-state index in [0.717, 1.165) is 16.7 Å². The van der Waals surface area contributed by atoms with Crippen molar-refractivity contribution in [2.45, 2.75) is 39.3 Å². The Labute approximate surface area is 124 Å². The normalized spacial score (nSPS) is 12.8. The first-order valence-electron chi connectivity index (χ1n) is 6.94. The van der Waals surface area contributed by atoms with Crippen LogP contribution >= 0.6 is 0 Å². The second-order valence-electron chi connectivity index (χ2n) is 5.98. The van der Waals surface area contributed by atoms with Crippen molar-refractivity contribution in [2.75, 3.05) is 0 Å². The Kier molecular flexibility index (Phi) is 4.31. The molecule has 2 aromatic rings. The minimum atomic E-state index is -0.498. The van der Waals surface area contributed by atoms with E-state index in [1.165, 1.54) is 0 Å². The summed E-state index contributed by atoms with van der Waals surface area (Å²) in [6, 6.07) is 7.85.